The van der Waals surface area contributed by atoms with Gasteiger partial charge in [0.05, 0.1) is 12.2 Å². The fraction of sp³-hybridized carbons (Fsp3) is 0.571. The van der Waals surface area contributed by atoms with E-state index >= 15 is 0 Å². The second kappa shape index (κ2) is 5.15. The molecule has 3 atom stereocenters. The zero-order chi connectivity index (χ0) is 12.4. The summed E-state index contributed by atoms with van der Waals surface area (Å²) in [4.78, 5) is 0. The number of aryl methyl sites for hydroxylation is 1. The molecule has 3 heteroatoms. The molecule has 3 unspecified atom stereocenters. The van der Waals surface area contributed by atoms with Crippen molar-refractivity contribution in [3.05, 3.63) is 35.1 Å². The summed E-state index contributed by atoms with van der Waals surface area (Å²) in [5.74, 6) is 0.122. The maximum Gasteiger partial charge on any atom is 0.123 e. The first-order chi connectivity index (χ1) is 8.08. The van der Waals surface area contributed by atoms with Crippen LogP contribution in [0.3, 0.4) is 0 Å². The Balaban J connectivity index is 2.07. The zero-order valence-electron chi connectivity index (χ0n) is 10.3. The van der Waals surface area contributed by atoms with Crippen LogP contribution in [0.4, 0.5) is 4.39 Å². The Kier molecular flexibility index (Phi) is 3.79. The Morgan fingerprint density at radius 1 is 1.53 bits per heavy atom. The molecule has 0 spiro atoms. The molecule has 94 valence electrons. The molecule has 0 bridgehead atoms. The van der Waals surface area contributed by atoms with Crippen LogP contribution in [0.2, 0.25) is 0 Å². The van der Waals surface area contributed by atoms with E-state index in [2.05, 4.69) is 6.92 Å². The fourth-order valence-electron chi connectivity index (χ4n) is 2.41. The van der Waals surface area contributed by atoms with Gasteiger partial charge in [0.2, 0.25) is 0 Å². The molecule has 17 heavy (non-hydrogen) atoms. The second-order valence-electron chi connectivity index (χ2n) is 4.94. The van der Waals surface area contributed by atoms with Gasteiger partial charge in [-0.2, -0.15) is 0 Å². The van der Waals surface area contributed by atoms with Gasteiger partial charge in [0, 0.05) is 13.0 Å². The van der Waals surface area contributed by atoms with Crippen LogP contribution in [0.1, 0.15) is 24.5 Å². The second-order valence-corrected chi connectivity index (χ2v) is 4.94. The third-order valence-corrected chi connectivity index (χ3v) is 3.56. The quantitative estimate of drug-likeness (QED) is 0.876. The number of benzene rings is 1. The maximum atomic E-state index is 13.1. The third kappa shape index (κ3) is 2.85. The Morgan fingerprint density at radius 2 is 2.29 bits per heavy atom. The highest BCUT2D eigenvalue weighted by molar-refractivity contribution is 5.27. The smallest absolute Gasteiger partial charge is 0.123 e. The summed E-state index contributed by atoms with van der Waals surface area (Å²) in [6.45, 7) is 4.73. The molecule has 1 fully saturated rings. The molecule has 0 saturated carbocycles. The summed E-state index contributed by atoms with van der Waals surface area (Å²) in [5, 5.41) is 10.1. The first-order valence-corrected chi connectivity index (χ1v) is 6.12. The lowest BCUT2D eigenvalue weighted by atomic mass is 9.93. The first kappa shape index (κ1) is 12.5. The molecule has 2 nitrogen and oxygen atoms in total. The van der Waals surface area contributed by atoms with Crippen LogP contribution < -0.4 is 0 Å². The SMILES string of the molecule is Cc1ccc(F)cc1CC(O)C1OCCC1C. The van der Waals surface area contributed by atoms with E-state index in [9.17, 15) is 9.50 Å². The number of hydrogen-bond donors (Lipinski definition) is 1. The predicted octanol–water partition coefficient (Wildman–Crippen LogP) is 2.46. The van der Waals surface area contributed by atoms with Crippen LogP contribution >= 0.6 is 0 Å². The number of ether oxygens (including phenoxy) is 1. The van der Waals surface area contributed by atoms with E-state index in [1.807, 2.05) is 6.92 Å². The number of hydrogen-bond acceptors (Lipinski definition) is 2. The van der Waals surface area contributed by atoms with Gasteiger partial charge in [-0.1, -0.05) is 13.0 Å². The minimum Gasteiger partial charge on any atom is -0.390 e. The molecule has 0 amide bonds. The topological polar surface area (TPSA) is 29.5 Å². The van der Waals surface area contributed by atoms with E-state index in [4.69, 9.17) is 4.74 Å². The standard InChI is InChI=1S/C14H19FO2/c1-9-3-4-12(15)7-11(9)8-13(16)14-10(2)5-6-17-14/h3-4,7,10,13-14,16H,5-6,8H2,1-2H3. The molecule has 0 aliphatic carbocycles. The van der Waals surface area contributed by atoms with Gasteiger partial charge in [-0.3, -0.25) is 0 Å². The minimum atomic E-state index is -0.548. The molecule has 1 heterocycles. The van der Waals surface area contributed by atoms with Crippen molar-refractivity contribution in [3.63, 3.8) is 0 Å². The van der Waals surface area contributed by atoms with Crippen LogP contribution in [0, 0.1) is 18.7 Å². The monoisotopic (exact) mass is 238 g/mol. The average molecular weight is 238 g/mol. The largest absolute Gasteiger partial charge is 0.390 e. The molecule has 1 N–H and O–H groups in total. The summed E-state index contributed by atoms with van der Waals surface area (Å²) in [5.41, 5.74) is 1.87. The molecule has 1 aliphatic heterocycles. The van der Waals surface area contributed by atoms with Gasteiger partial charge in [0.15, 0.2) is 0 Å². The molecule has 0 radical (unpaired) electrons. The van der Waals surface area contributed by atoms with Crippen molar-refractivity contribution >= 4 is 0 Å². The summed E-state index contributed by atoms with van der Waals surface area (Å²) in [6, 6.07) is 4.69. The lowest BCUT2D eigenvalue weighted by Gasteiger charge is -2.22. The molecule has 2 rings (SSSR count). The van der Waals surface area contributed by atoms with Crippen LogP contribution in [-0.4, -0.2) is 23.9 Å². The highest BCUT2D eigenvalue weighted by atomic mass is 19.1. The van der Waals surface area contributed by atoms with Crippen molar-refractivity contribution in [1.29, 1.82) is 0 Å². The summed E-state index contributed by atoms with van der Waals surface area (Å²) in [7, 11) is 0. The van der Waals surface area contributed by atoms with E-state index in [1.165, 1.54) is 12.1 Å². The van der Waals surface area contributed by atoms with E-state index < -0.39 is 6.10 Å². The van der Waals surface area contributed by atoms with Crippen molar-refractivity contribution in [3.8, 4) is 0 Å². The van der Waals surface area contributed by atoms with Crippen molar-refractivity contribution in [2.24, 2.45) is 5.92 Å². The number of rotatable bonds is 3. The Labute approximate surface area is 101 Å². The van der Waals surface area contributed by atoms with Gasteiger partial charge in [0.1, 0.15) is 5.82 Å². The van der Waals surface area contributed by atoms with E-state index in [0.29, 0.717) is 18.9 Å². The van der Waals surface area contributed by atoms with Crippen LogP contribution in [-0.2, 0) is 11.2 Å². The highest BCUT2D eigenvalue weighted by Gasteiger charge is 2.31. The van der Waals surface area contributed by atoms with Crippen molar-refractivity contribution in [2.45, 2.75) is 38.9 Å². The molecule has 1 saturated heterocycles. The number of aliphatic hydroxyl groups excluding tert-OH is 1. The molecular formula is C14H19FO2. The summed E-state index contributed by atoms with van der Waals surface area (Å²) >= 11 is 0. The van der Waals surface area contributed by atoms with Gasteiger partial charge >= 0.3 is 0 Å². The Bertz CT molecular complexity index is 392. The molecule has 1 aliphatic rings. The molecule has 0 aromatic heterocycles. The maximum absolute atomic E-state index is 13.1. The van der Waals surface area contributed by atoms with Gasteiger partial charge in [-0.05, 0) is 42.5 Å². The lowest BCUT2D eigenvalue weighted by molar-refractivity contribution is -0.0158. The third-order valence-electron chi connectivity index (χ3n) is 3.56. The van der Waals surface area contributed by atoms with Crippen LogP contribution in [0.15, 0.2) is 18.2 Å². The van der Waals surface area contributed by atoms with Crippen molar-refractivity contribution in [2.75, 3.05) is 6.61 Å². The fourth-order valence-corrected chi connectivity index (χ4v) is 2.41. The minimum absolute atomic E-state index is 0.113. The lowest BCUT2D eigenvalue weighted by Crippen LogP contribution is -2.32. The van der Waals surface area contributed by atoms with Crippen molar-refractivity contribution < 1.29 is 14.2 Å². The van der Waals surface area contributed by atoms with E-state index in [0.717, 1.165) is 17.5 Å². The highest BCUT2D eigenvalue weighted by Crippen LogP contribution is 2.25. The van der Waals surface area contributed by atoms with Crippen molar-refractivity contribution in [1.82, 2.24) is 0 Å². The first-order valence-electron chi connectivity index (χ1n) is 6.12. The van der Waals surface area contributed by atoms with E-state index in [1.54, 1.807) is 6.07 Å². The number of halogens is 1. The van der Waals surface area contributed by atoms with Gasteiger partial charge in [-0.15, -0.1) is 0 Å². The predicted molar refractivity (Wildman–Crippen MR) is 64.4 cm³/mol. The van der Waals surface area contributed by atoms with Crippen LogP contribution in [0.5, 0.6) is 0 Å². The Morgan fingerprint density at radius 3 is 2.94 bits per heavy atom. The van der Waals surface area contributed by atoms with Crippen LogP contribution in [0.25, 0.3) is 0 Å². The summed E-state index contributed by atoms with van der Waals surface area (Å²) < 4.78 is 18.7. The van der Waals surface area contributed by atoms with Gasteiger partial charge in [-0.25, -0.2) is 4.39 Å². The molecular weight excluding hydrogens is 219 g/mol. The zero-order valence-corrected chi connectivity index (χ0v) is 10.3. The van der Waals surface area contributed by atoms with E-state index in [-0.39, 0.29) is 11.9 Å². The summed E-state index contributed by atoms with van der Waals surface area (Å²) in [6.07, 6.45) is 0.785. The normalized spacial score (nSPS) is 26.1. The molecule has 1 aromatic carbocycles. The molecule has 1 aromatic rings. The average Bonchev–Trinajstić information content (AvgIpc) is 2.70. The van der Waals surface area contributed by atoms with Gasteiger partial charge in [0.25, 0.3) is 0 Å². The number of aliphatic hydroxyl groups is 1. The van der Waals surface area contributed by atoms with Gasteiger partial charge < -0.3 is 9.84 Å². The Hall–Kier alpha value is -0.930.